The lowest BCUT2D eigenvalue weighted by molar-refractivity contribution is -0.122. The van der Waals surface area contributed by atoms with E-state index in [0.717, 1.165) is 0 Å². The number of carbonyl (C=O) groups excluding carboxylic acids is 1. The standard InChI is InChI=1S/C15H23NO2/c1-11(2)14(13-7-5-4-6-8-13)9-15(18)16-10-12(3)17/h4-8,11-12,14,17H,9-10H2,1-3H3,(H,16,18). The molecule has 1 aromatic rings. The van der Waals surface area contributed by atoms with Crippen LogP contribution < -0.4 is 5.32 Å². The van der Waals surface area contributed by atoms with Crippen LogP contribution in [0.1, 0.15) is 38.7 Å². The zero-order valence-electron chi connectivity index (χ0n) is 11.4. The molecule has 0 fully saturated rings. The van der Waals surface area contributed by atoms with Crippen LogP contribution in [0.3, 0.4) is 0 Å². The molecule has 0 saturated heterocycles. The average Bonchev–Trinajstić information content (AvgIpc) is 2.34. The Hall–Kier alpha value is -1.35. The molecule has 0 bridgehead atoms. The summed E-state index contributed by atoms with van der Waals surface area (Å²) in [6.07, 6.45) is -0.0304. The van der Waals surface area contributed by atoms with Crippen LogP contribution in [0.2, 0.25) is 0 Å². The lowest BCUT2D eigenvalue weighted by Crippen LogP contribution is -2.32. The molecule has 0 aliphatic heterocycles. The summed E-state index contributed by atoms with van der Waals surface area (Å²) in [6.45, 7) is 6.23. The third-order valence-corrected chi connectivity index (χ3v) is 3.03. The molecule has 0 aromatic heterocycles. The van der Waals surface area contributed by atoms with Crippen LogP contribution in [-0.4, -0.2) is 23.7 Å². The van der Waals surface area contributed by atoms with E-state index in [-0.39, 0.29) is 11.8 Å². The fourth-order valence-corrected chi connectivity index (χ4v) is 1.97. The summed E-state index contributed by atoms with van der Waals surface area (Å²) < 4.78 is 0. The predicted molar refractivity (Wildman–Crippen MR) is 73.3 cm³/mol. The van der Waals surface area contributed by atoms with Crippen LogP contribution in [0.4, 0.5) is 0 Å². The Morgan fingerprint density at radius 3 is 2.33 bits per heavy atom. The Kier molecular flexibility index (Phi) is 5.86. The average molecular weight is 249 g/mol. The Balaban J connectivity index is 2.62. The van der Waals surface area contributed by atoms with Crippen molar-refractivity contribution in [3.05, 3.63) is 35.9 Å². The molecule has 1 rings (SSSR count). The molecule has 0 heterocycles. The van der Waals surface area contributed by atoms with Crippen molar-refractivity contribution in [2.75, 3.05) is 6.54 Å². The zero-order chi connectivity index (χ0) is 13.5. The summed E-state index contributed by atoms with van der Waals surface area (Å²) in [6, 6.07) is 10.1. The van der Waals surface area contributed by atoms with Crippen LogP contribution in [0, 0.1) is 5.92 Å². The second kappa shape index (κ2) is 7.17. The highest BCUT2D eigenvalue weighted by atomic mass is 16.3. The molecular weight excluding hydrogens is 226 g/mol. The molecule has 2 atom stereocenters. The van der Waals surface area contributed by atoms with E-state index < -0.39 is 6.10 Å². The molecule has 3 heteroatoms. The summed E-state index contributed by atoms with van der Waals surface area (Å²) in [5, 5.41) is 11.9. The number of carbonyl (C=O) groups is 1. The van der Waals surface area contributed by atoms with E-state index in [4.69, 9.17) is 5.11 Å². The van der Waals surface area contributed by atoms with Gasteiger partial charge in [0, 0.05) is 13.0 Å². The maximum absolute atomic E-state index is 11.8. The summed E-state index contributed by atoms with van der Waals surface area (Å²) >= 11 is 0. The largest absolute Gasteiger partial charge is 0.392 e. The number of amides is 1. The van der Waals surface area contributed by atoms with Crippen molar-refractivity contribution in [1.29, 1.82) is 0 Å². The smallest absolute Gasteiger partial charge is 0.220 e. The van der Waals surface area contributed by atoms with E-state index in [1.54, 1.807) is 6.92 Å². The van der Waals surface area contributed by atoms with E-state index >= 15 is 0 Å². The van der Waals surface area contributed by atoms with Gasteiger partial charge in [-0.05, 0) is 24.3 Å². The van der Waals surface area contributed by atoms with Crippen molar-refractivity contribution in [2.24, 2.45) is 5.92 Å². The Bertz CT molecular complexity index is 360. The maximum Gasteiger partial charge on any atom is 0.220 e. The third kappa shape index (κ3) is 4.88. The topological polar surface area (TPSA) is 49.3 Å². The van der Waals surface area contributed by atoms with Gasteiger partial charge in [0.1, 0.15) is 0 Å². The van der Waals surface area contributed by atoms with E-state index in [9.17, 15) is 4.79 Å². The number of rotatable bonds is 6. The van der Waals surface area contributed by atoms with Crippen LogP contribution in [0.15, 0.2) is 30.3 Å². The van der Waals surface area contributed by atoms with Gasteiger partial charge in [0.25, 0.3) is 0 Å². The maximum atomic E-state index is 11.8. The number of aliphatic hydroxyl groups is 1. The summed E-state index contributed by atoms with van der Waals surface area (Å²) in [4.78, 5) is 11.8. The summed E-state index contributed by atoms with van der Waals surface area (Å²) in [7, 11) is 0. The highest BCUT2D eigenvalue weighted by Gasteiger charge is 2.19. The molecule has 0 radical (unpaired) electrons. The molecule has 1 amide bonds. The van der Waals surface area contributed by atoms with Crippen molar-refractivity contribution in [3.63, 3.8) is 0 Å². The van der Waals surface area contributed by atoms with Gasteiger partial charge in [0.2, 0.25) is 5.91 Å². The first kappa shape index (κ1) is 14.7. The van der Waals surface area contributed by atoms with Gasteiger partial charge >= 0.3 is 0 Å². The first-order chi connectivity index (χ1) is 8.50. The minimum absolute atomic E-state index is 0.00143. The second-order valence-corrected chi connectivity index (χ2v) is 5.12. The minimum atomic E-state index is -0.497. The predicted octanol–water partition coefficient (Wildman–Crippen LogP) is 2.31. The highest BCUT2D eigenvalue weighted by Crippen LogP contribution is 2.27. The van der Waals surface area contributed by atoms with Crippen molar-refractivity contribution < 1.29 is 9.90 Å². The summed E-state index contributed by atoms with van der Waals surface area (Å²) in [5.74, 6) is 0.628. The van der Waals surface area contributed by atoms with Gasteiger partial charge in [-0.15, -0.1) is 0 Å². The van der Waals surface area contributed by atoms with Crippen LogP contribution in [0.25, 0.3) is 0 Å². The molecule has 18 heavy (non-hydrogen) atoms. The Morgan fingerprint density at radius 2 is 1.83 bits per heavy atom. The third-order valence-electron chi connectivity index (χ3n) is 3.03. The van der Waals surface area contributed by atoms with E-state index in [1.165, 1.54) is 5.56 Å². The van der Waals surface area contributed by atoms with E-state index in [0.29, 0.717) is 18.9 Å². The number of aliphatic hydroxyl groups excluding tert-OH is 1. The van der Waals surface area contributed by atoms with Gasteiger partial charge in [-0.1, -0.05) is 44.2 Å². The molecule has 100 valence electrons. The first-order valence-corrected chi connectivity index (χ1v) is 6.50. The fourth-order valence-electron chi connectivity index (χ4n) is 1.97. The van der Waals surface area contributed by atoms with Crippen LogP contribution >= 0.6 is 0 Å². The monoisotopic (exact) mass is 249 g/mol. The highest BCUT2D eigenvalue weighted by molar-refractivity contribution is 5.76. The zero-order valence-corrected chi connectivity index (χ0v) is 11.4. The number of hydrogen-bond acceptors (Lipinski definition) is 2. The van der Waals surface area contributed by atoms with E-state index in [1.807, 2.05) is 18.2 Å². The van der Waals surface area contributed by atoms with Crippen LogP contribution in [0.5, 0.6) is 0 Å². The van der Waals surface area contributed by atoms with Gasteiger partial charge in [-0.3, -0.25) is 4.79 Å². The molecule has 1 aromatic carbocycles. The molecule has 3 nitrogen and oxygen atoms in total. The summed E-state index contributed by atoms with van der Waals surface area (Å²) in [5.41, 5.74) is 1.19. The molecule has 2 unspecified atom stereocenters. The molecule has 0 saturated carbocycles. The lowest BCUT2D eigenvalue weighted by Gasteiger charge is -2.21. The quantitative estimate of drug-likeness (QED) is 0.813. The molecule has 0 aliphatic rings. The number of benzene rings is 1. The normalized spacial score (nSPS) is 14.3. The SMILES string of the molecule is CC(O)CNC(=O)CC(c1ccccc1)C(C)C. The molecule has 2 N–H and O–H groups in total. The number of hydrogen-bond donors (Lipinski definition) is 2. The van der Waals surface area contributed by atoms with Gasteiger partial charge in [0.05, 0.1) is 6.10 Å². The van der Waals surface area contributed by atoms with E-state index in [2.05, 4.69) is 31.3 Å². The van der Waals surface area contributed by atoms with Crippen molar-refractivity contribution in [2.45, 2.75) is 39.2 Å². The lowest BCUT2D eigenvalue weighted by atomic mass is 9.85. The van der Waals surface area contributed by atoms with Gasteiger partial charge in [-0.25, -0.2) is 0 Å². The minimum Gasteiger partial charge on any atom is -0.392 e. The van der Waals surface area contributed by atoms with Crippen molar-refractivity contribution in [3.8, 4) is 0 Å². The Morgan fingerprint density at radius 1 is 1.22 bits per heavy atom. The second-order valence-electron chi connectivity index (χ2n) is 5.12. The first-order valence-electron chi connectivity index (χ1n) is 6.50. The van der Waals surface area contributed by atoms with Crippen LogP contribution in [-0.2, 0) is 4.79 Å². The Labute approximate surface area is 109 Å². The molecular formula is C15H23NO2. The number of nitrogens with one attached hydrogen (secondary N) is 1. The van der Waals surface area contributed by atoms with Gasteiger partial charge in [0.15, 0.2) is 0 Å². The molecule has 0 spiro atoms. The van der Waals surface area contributed by atoms with Gasteiger partial charge in [-0.2, -0.15) is 0 Å². The van der Waals surface area contributed by atoms with Crippen molar-refractivity contribution in [1.82, 2.24) is 5.32 Å². The fraction of sp³-hybridized carbons (Fsp3) is 0.533. The molecule has 0 aliphatic carbocycles. The van der Waals surface area contributed by atoms with Crippen molar-refractivity contribution >= 4 is 5.91 Å². The van der Waals surface area contributed by atoms with Gasteiger partial charge < -0.3 is 10.4 Å².